The molecule has 0 saturated carbocycles. The quantitative estimate of drug-likeness (QED) is 0.801. The number of aryl methyl sites for hydroxylation is 2. The van der Waals surface area contributed by atoms with Crippen LogP contribution in [0.2, 0.25) is 0 Å². The predicted octanol–water partition coefficient (Wildman–Crippen LogP) is 2.98. The van der Waals surface area contributed by atoms with E-state index in [9.17, 15) is 5.11 Å². The summed E-state index contributed by atoms with van der Waals surface area (Å²) in [5.74, 6) is 0.822. The van der Waals surface area contributed by atoms with Crippen molar-refractivity contribution in [2.75, 3.05) is 18.5 Å². The van der Waals surface area contributed by atoms with Crippen LogP contribution in [0.25, 0.3) is 0 Å². The van der Waals surface area contributed by atoms with E-state index in [2.05, 4.69) is 51.2 Å². The van der Waals surface area contributed by atoms with Crippen LogP contribution in [0.15, 0.2) is 18.2 Å². The molecule has 0 aliphatic carbocycles. The van der Waals surface area contributed by atoms with Crippen molar-refractivity contribution in [2.45, 2.75) is 27.7 Å². The molecule has 0 amide bonds. The molecule has 2 nitrogen and oxygen atoms in total. The molecular weight excluding hydrogens is 198 g/mol. The van der Waals surface area contributed by atoms with Gasteiger partial charge in [-0.1, -0.05) is 26.0 Å². The van der Waals surface area contributed by atoms with E-state index < -0.39 is 0 Å². The van der Waals surface area contributed by atoms with Crippen molar-refractivity contribution in [1.82, 2.24) is 0 Å². The fourth-order valence-electron chi connectivity index (χ4n) is 1.68. The van der Waals surface area contributed by atoms with Gasteiger partial charge in [0.2, 0.25) is 0 Å². The molecule has 0 aliphatic heterocycles. The molecule has 0 saturated heterocycles. The van der Waals surface area contributed by atoms with Crippen LogP contribution in [-0.2, 0) is 0 Å². The number of nitrogens with one attached hydrogen (secondary N) is 1. The van der Waals surface area contributed by atoms with Gasteiger partial charge in [-0.3, -0.25) is 0 Å². The zero-order valence-corrected chi connectivity index (χ0v) is 10.7. The van der Waals surface area contributed by atoms with Gasteiger partial charge < -0.3 is 10.4 Å². The zero-order chi connectivity index (χ0) is 12.1. The number of hydrogen-bond donors (Lipinski definition) is 2. The molecule has 0 fully saturated rings. The van der Waals surface area contributed by atoms with E-state index in [0.29, 0.717) is 11.8 Å². The van der Waals surface area contributed by atoms with Crippen molar-refractivity contribution in [3.05, 3.63) is 29.3 Å². The summed E-state index contributed by atoms with van der Waals surface area (Å²) in [4.78, 5) is 0. The second-order valence-corrected chi connectivity index (χ2v) is 4.89. The summed E-state index contributed by atoms with van der Waals surface area (Å²) in [7, 11) is 0. The Morgan fingerprint density at radius 3 is 2.50 bits per heavy atom. The molecule has 0 aromatic heterocycles. The highest BCUT2D eigenvalue weighted by Crippen LogP contribution is 2.18. The lowest BCUT2D eigenvalue weighted by Gasteiger charge is -2.20. The smallest absolute Gasteiger partial charge is 0.0478 e. The number of hydrogen-bond acceptors (Lipinski definition) is 2. The molecule has 1 aromatic carbocycles. The average Bonchev–Trinajstić information content (AvgIpc) is 2.23. The normalized spacial score (nSPS) is 12.9. The zero-order valence-electron chi connectivity index (χ0n) is 10.7. The first-order chi connectivity index (χ1) is 7.54. The number of benzene rings is 1. The Labute approximate surface area is 98.7 Å². The summed E-state index contributed by atoms with van der Waals surface area (Å²) in [5.41, 5.74) is 3.70. The number of rotatable bonds is 5. The molecule has 0 heterocycles. The van der Waals surface area contributed by atoms with Crippen LogP contribution in [0.4, 0.5) is 5.69 Å². The summed E-state index contributed by atoms with van der Waals surface area (Å²) in [6.45, 7) is 9.56. The Balaban J connectivity index is 2.63. The molecule has 0 aliphatic rings. The molecule has 16 heavy (non-hydrogen) atoms. The van der Waals surface area contributed by atoms with E-state index in [1.165, 1.54) is 16.8 Å². The van der Waals surface area contributed by atoms with Gasteiger partial charge in [0.15, 0.2) is 0 Å². The summed E-state index contributed by atoms with van der Waals surface area (Å²) in [5, 5.41) is 12.7. The van der Waals surface area contributed by atoms with Crippen molar-refractivity contribution >= 4 is 5.69 Å². The van der Waals surface area contributed by atoms with Gasteiger partial charge in [0, 0.05) is 24.8 Å². The van der Waals surface area contributed by atoms with Crippen LogP contribution in [-0.4, -0.2) is 18.3 Å². The number of aliphatic hydroxyl groups is 1. The lowest BCUT2D eigenvalue weighted by atomic mass is 9.96. The first kappa shape index (κ1) is 13.0. The third-order valence-corrected chi connectivity index (χ3v) is 3.13. The van der Waals surface area contributed by atoms with Crippen molar-refractivity contribution < 1.29 is 5.11 Å². The van der Waals surface area contributed by atoms with Crippen LogP contribution in [0.1, 0.15) is 25.0 Å². The van der Waals surface area contributed by atoms with E-state index in [4.69, 9.17) is 0 Å². The molecule has 2 N–H and O–H groups in total. The Bertz CT molecular complexity index is 334. The number of anilines is 1. The van der Waals surface area contributed by atoms with Crippen molar-refractivity contribution in [2.24, 2.45) is 11.8 Å². The first-order valence-electron chi connectivity index (χ1n) is 5.96. The Kier molecular flexibility index (Phi) is 4.81. The highest BCUT2D eigenvalue weighted by atomic mass is 16.3. The standard InChI is InChI=1S/C14H23NO/c1-10(2)13(9-16)8-15-14-7-11(3)5-6-12(14)4/h5-7,10,13,15-16H,8-9H2,1-4H3. The van der Waals surface area contributed by atoms with E-state index in [0.717, 1.165) is 6.54 Å². The molecule has 0 bridgehead atoms. The molecule has 2 heteroatoms. The van der Waals surface area contributed by atoms with Crippen LogP contribution in [0, 0.1) is 25.7 Å². The highest BCUT2D eigenvalue weighted by Gasteiger charge is 2.12. The maximum absolute atomic E-state index is 9.26. The largest absolute Gasteiger partial charge is 0.396 e. The van der Waals surface area contributed by atoms with E-state index in [1.54, 1.807) is 0 Å². The molecule has 1 unspecified atom stereocenters. The molecule has 0 radical (unpaired) electrons. The molecule has 1 rings (SSSR count). The number of aliphatic hydroxyl groups excluding tert-OH is 1. The fourth-order valence-corrected chi connectivity index (χ4v) is 1.68. The monoisotopic (exact) mass is 221 g/mol. The lowest BCUT2D eigenvalue weighted by molar-refractivity contribution is 0.198. The Morgan fingerprint density at radius 2 is 1.94 bits per heavy atom. The van der Waals surface area contributed by atoms with E-state index in [1.807, 2.05) is 0 Å². The summed E-state index contributed by atoms with van der Waals surface area (Å²) in [6.07, 6.45) is 0. The van der Waals surface area contributed by atoms with Gasteiger partial charge in [-0.2, -0.15) is 0 Å². The van der Waals surface area contributed by atoms with Crippen LogP contribution >= 0.6 is 0 Å². The molecular formula is C14H23NO. The van der Waals surface area contributed by atoms with E-state index >= 15 is 0 Å². The topological polar surface area (TPSA) is 32.3 Å². The predicted molar refractivity (Wildman–Crippen MR) is 69.8 cm³/mol. The maximum atomic E-state index is 9.26. The van der Waals surface area contributed by atoms with E-state index in [-0.39, 0.29) is 6.61 Å². The third-order valence-electron chi connectivity index (χ3n) is 3.13. The minimum atomic E-state index is 0.246. The third kappa shape index (κ3) is 3.53. The van der Waals surface area contributed by atoms with Gasteiger partial charge in [-0.05, 0) is 37.0 Å². The van der Waals surface area contributed by atoms with Crippen molar-refractivity contribution in [3.63, 3.8) is 0 Å². The molecule has 90 valence electrons. The fraction of sp³-hybridized carbons (Fsp3) is 0.571. The lowest BCUT2D eigenvalue weighted by Crippen LogP contribution is -2.23. The van der Waals surface area contributed by atoms with Crippen molar-refractivity contribution in [3.8, 4) is 0 Å². The minimum Gasteiger partial charge on any atom is -0.396 e. The minimum absolute atomic E-state index is 0.246. The van der Waals surface area contributed by atoms with Crippen LogP contribution in [0.5, 0.6) is 0 Å². The molecule has 1 atom stereocenters. The average molecular weight is 221 g/mol. The van der Waals surface area contributed by atoms with Crippen LogP contribution < -0.4 is 5.32 Å². The summed E-state index contributed by atoms with van der Waals surface area (Å²) >= 11 is 0. The molecule has 1 aromatic rings. The molecule has 0 spiro atoms. The van der Waals surface area contributed by atoms with Gasteiger partial charge in [0.1, 0.15) is 0 Å². The van der Waals surface area contributed by atoms with Crippen molar-refractivity contribution in [1.29, 1.82) is 0 Å². The Morgan fingerprint density at radius 1 is 1.25 bits per heavy atom. The highest BCUT2D eigenvalue weighted by molar-refractivity contribution is 5.52. The van der Waals surface area contributed by atoms with Crippen LogP contribution in [0.3, 0.4) is 0 Å². The first-order valence-corrected chi connectivity index (χ1v) is 5.96. The van der Waals surface area contributed by atoms with Gasteiger partial charge in [-0.15, -0.1) is 0 Å². The summed E-state index contributed by atoms with van der Waals surface area (Å²) < 4.78 is 0. The second kappa shape index (κ2) is 5.90. The van der Waals surface area contributed by atoms with Gasteiger partial charge in [0.05, 0.1) is 0 Å². The van der Waals surface area contributed by atoms with Gasteiger partial charge in [-0.25, -0.2) is 0 Å². The van der Waals surface area contributed by atoms with Gasteiger partial charge >= 0.3 is 0 Å². The second-order valence-electron chi connectivity index (χ2n) is 4.89. The van der Waals surface area contributed by atoms with Gasteiger partial charge in [0.25, 0.3) is 0 Å². The maximum Gasteiger partial charge on any atom is 0.0478 e. The summed E-state index contributed by atoms with van der Waals surface area (Å²) in [6, 6.07) is 6.40. The Hall–Kier alpha value is -1.02. The SMILES string of the molecule is Cc1ccc(C)c(NCC(CO)C(C)C)c1.